The zero-order valence-corrected chi connectivity index (χ0v) is 18.8. The second-order valence-electron chi connectivity index (χ2n) is 8.71. The Labute approximate surface area is 189 Å². The van der Waals surface area contributed by atoms with E-state index < -0.39 is 0 Å². The second kappa shape index (κ2) is 10.6. The number of fused-ring (bicyclic) bond motifs is 2. The van der Waals surface area contributed by atoms with Crippen LogP contribution in [0.15, 0.2) is 53.3 Å². The highest BCUT2D eigenvalue weighted by atomic mass is 16.1. The van der Waals surface area contributed by atoms with Crippen LogP contribution in [0.3, 0.4) is 0 Å². The Morgan fingerprint density at radius 1 is 1.09 bits per heavy atom. The van der Waals surface area contributed by atoms with E-state index in [1.165, 1.54) is 12.0 Å². The van der Waals surface area contributed by atoms with Crippen molar-refractivity contribution in [3.05, 3.63) is 75.8 Å². The van der Waals surface area contributed by atoms with Crippen molar-refractivity contribution in [2.24, 2.45) is 0 Å². The number of hydrogen-bond acceptors (Lipinski definition) is 4. The fourth-order valence-corrected chi connectivity index (χ4v) is 4.36. The number of nitrogens with zero attached hydrogens (tertiary/aromatic N) is 3. The van der Waals surface area contributed by atoms with Crippen LogP contribution in [0.4, 0.5) is 0 Å². The average Bonchev–Trinajstić information content (AvgIpc) is 2.78. The van der Waals surface area contributed by atoms with Crippen LogP contribution in [0.1, 0.15) is 53.8 Å². The maximum absolute atomic E-state index is 12.9. The van der Waals surface area contributed by atoms with E-state index >= 15 is 0 Å². The minimum atomic E-state index is -0.119. The van der Waals surface area contributed by atoms with Gasteiger partial charge in [0.25, 0.3) is 11.5 Å². The Morgan fingerprint density at radius 2 is 1.91 bits per heavy atom. The first-order chi connectivity index (χ1) is 15.6. The van der Waals surface area contributed by atoms with E-state index in [1.807, 2.05) is 10.6 Å². The fraction of sp³-hybridized carbons (Fsp3) is 0.423. The van der Waals surface area contributed by atoms with Crippen molar-refractivity contribution in [1.82, 2.24) is 19.8 Å². The molecule has 0 saturated heterocycles. The molecule has 1 N–H and O–H groups in total. The van der Waals surface area contributed by atoms with Gasteiger partial charge in [-0.3, -0.25) is 14.2 Å². The lowest BCUT2D eigenvalue weighted by molar-refractivity contribution is 0.0952. The lowest BCUT2D eigenvalue weighted by Crippen LogP contribution is -2.29. The van der Waals surface area contributed by atoms with Gasteiger partial charge in [0.2, 0.25) is 0 Å². The smallest absolute Gasteiger partial charge is 0.261 e. The average molecular weight is 433 g/mol. The number of amides is 1. The SMILES string of the molecule is CN(CCCNC(=O)c1ccc2c(=O)n3c(nc2c1)CCCCCC3)Cc1ccccc1. The Kier molecular flexibility index (Phi) is 7.32. The summed E-state index contributed by atoms with van der Waals surface area (Å²) in [7, 11) is 2.09. The van der Waals surface area contributed by atoms with Gasteiger partial charge < -0.3 is 10.2 Å². The van der Waals surface area contributed by atoms with Gasteiger partial charge in [-0.25, -0.2) is 4.98 Å². The number of aryl methyl sites for hydroxylation is 1. The van der Waals surface area contributed by atoms with E-state index in [4.69, 9.17) is 4.98 Å². The van der Waals surface area contributed by atoms with Gasteiger partial charge in [-0.2, -0.15) is 0 Å². The fourth-order valence-electron chi connectivity index (χ4n) is 4.36. The van der Waals surface area contributed by atoms with E-state index in [0.717, 1.165) is 57.6 Å². The van der Waals surface area contributed by atoms with Crippen LogP contribution in [0, 0.1) is 0 Å². The highest BCUT2D eigenvalue weighted by Crippen LogP contribution is 2.16. The molecule has 32 heavy (non-hydrogen) atoms. The summed E-state index contributed by atoms with van der Waals surface area (Å²) in [5, 5.41) is 3.59. The van der Waals surface area contributed by atoms with Crippen molar-refractivity contribution in [3.63, 3.8) is 0 Å². The van der Waals surface area contributed by atoms with Gasteiger partial charge in [0.15, 0.2) is 0 Å². The first-order valence-corrected chi connectivity index (χ1v) is 11.7. The predicted molar refractivity (Wildman–Crippen MR) is 128 cm³/mol. The minimum Gasteiger partial charge on any atom is -0.352 e. The Hall–Kier alpha value is -2.99. The molecule has 3 aromatic rings. The highest BCUT2D eigenvalue weighted by Gasteiger charge is 2.15. The van der Waals surface area contributed by atoms with Crippen molar-refractivity contribution >= 4 is 16.8 Å². The standard InChI is InChI=1S/C26H32N4O2/c1-29(19-20-10-5-4-6-11-20)16-9-15-27-25(31)21-13-14-22-23(18-21)28-24-12-7-2-3-8-17-30(24)26(22)32/h4-6,10-11,13-14,18H,2-3,7-9,12,15-17,19H2,1H3,(H,27,31). The van der Waals surface area contributed by atoms with Crippen LogP contribution < -0.4 is 10.9 Å². The maximum atomic E-state index is 12.9. The maximum Gasteiger partial charge on any atom is 0.261 e. The largest absolute Gasteiger partial charge is 0.352 e. The molecule has 6 nitrogen and oxygen atoms in total. The van der Waals surface area contributed by atoms with Crippen molar-refractivity contribution in [1.29, 1.82) is 0 Å². The van der Waals surface area contributed by atoms with Crippen LogP contribution >= 0.6 is 0 Å². The lowest BCUT2D eigenvalue weighted by Gasteiger charge is -2.17. The van der Waals surface area contributed by atoms with Gasteiger partial charge >= 0.3 is 0 Å². The summed E-state index contributed by atoms with van der Waals surface area (Å²) in [6, 6.07) is 15.6. The summed E-state index contributed by atoms with van der Waals surface area (Å²) in [6.45, 7) is 3.14. The number of carbonyl (C=O) groups is 1. The number of nitrogens with one attached hydrogen (secondary N) is 1. The van der Waals surface area contributed by atoms with Gasteiger partial charge in [0, 0.05) is 31.6 Å². The van der Waals surface area contributed by atoms with E-state index in [0.29, 0.717) is 23.0 Å². The topological polar surface area (TPSA) is 67.2 Å². The molecule has 0 aliphatic carbocycles. The van der Waals surface area contributed by atoms with E-state index in [1.54, 1.807) is 18.2 Å². The summed E-state index contributed by atoms with van der Waals surface area (Å²) in [5.74, 6) is 0.729. The van der Waals surface area contributed by atoms with Crippen LogP contribution in [0.5, 0.6) is 0 Å². The van der Waals surface area contributed by atoms with Gasteiger partial charge in [0.1, 0.15) is 5.82 Å². The van der Waals surface area contributed by atoms with Crippen molar-refractivity contribution < 1.29 is 4.79 Å². The molecule has 1 amide bonds. The van der Waals surface area contributed by atoms with Crippen molar-refractivity contribution in [2.75, 3.05) is 20.1 Å². The molecule has 168 valence electrons. The van der Waals surface area contributed by atoms with Crippen LogP contribution in [-0.2, 0) is 19.5 Å². The molecule has 0 radical (unpaired) electrons. The molecule has 0 saturated carbocycles. The van der Waals surface area contributed by atoms with Gasteiger partial charge in [-0.1, -0.05) is 43.2 Å². The molecular formula is C26H32N4O2. The molecule has 0 atom stereocenters. The molecule has 2 heterocycles. The summed E-state index contributed by atoms with van der Waals surface area (Å²) in [4.78, 5) is 32.6. The molecule has 0 spiro atoms. The predicted octanol–water partition coefficient (Wildman–Crippen LogP) is 3.76. The minimum absolute atomic E-state index is 0.0142. The summed E-state index contributed by atoms with van der Waals surface area (Å²) < 4.78 is 1.83. The summed E-state index contributed by atoms with van der Waals surface area (Å²) >= 11 is 0. The summed E-state index contributed by atoms with van der Waals surface area (Å²) in [5.41, 5.74) is 2.47. The molecular weight excluding hydrogens is 400 g/mol. The van der Waals surface area contributed by atoms with Crippen molar-refractivity contribution in [3.8, 4) is 0 Å². The third-order valence-corrected chi connectivity index (χ3v) is 6.13. The Balaban J connectivity index is 1.36. The molecule has 6 heteroatoms. The normalized spacial score (nSPS) is 14.1. The second-order valence-corrected chi connectivity index (χ2v) is 8.71. The lowest BCUT2D eigenvalue weighted by atomic mass is 10.1. The van der Waals surface area contributed by atoms with Crippen LogP contribution in [0.2, 0.25) is 0 Å². The molecule has 4 rings (SSSR count). The number of hydrogen-bond donors (Lipinski definition) is 1. The van der Waals surface area contributed by atoms with Gasteiger partial charge in [0.05, 0.1) is 10.9 Å². The van der Waals surface area contributed by atoms with Crippen LogP contribution in [0.25, 0.3) is 10.9 Å². The molecule has 1 aliphatic heterocycles. The van der Waals surface area contributed by atoms with Gasteiger partial charge in [-0.15, -0.1) is 0 Å². The highest BCUT2D eigenvalue weighted by molar-refractivity contribution is 5.97. The number of rotatable bonds is 7. The number of carbonyl (C=O) groups excluding carboxylic acids is 1. The monoisotopic (exact) mass is 432 g/mol. The van der Waals surface area contributed by atoms with Gasteiger partial charge in [-0.05, 0) is 56.6 Å². The number of aromatic nitrogens is 2. The summed E-state index contributed by atoms with van der Waals surface area (Å²) in [6.07, 6.45) is 6.09. The molecule has 0 unspecified atom stereocenters. The Bertz CT molecular complexity index is 1120. The molecule has 0 bridgehead atoms. The third-order valence-electron chi connectivity index (χ3n) is 6.13. The molecule has 2 aromatic carbocycles. The van der Waals surface area contributed by atoms with E-state index in [2.05, 4.69) is 41.5 Å². The quantitative estimate of drug-likeness (QED) is 0.577. The first kappa shape index (κ1) is 22.2. The zero-order valence-electron chi connectivity index (χ0n) is 18.8. The molecule has 1 aliphatic rings. The van der Waals surface area contributed by atoms with E-state index in [-0.39, 0.29) is 11.5 Å². The third kappa shape index (κ3) is 5.43. The Morgan fingerprint density at radius 3 is 2.75 bits per heavy atom. The van der Waals surface area contributed by atoms with Crippen LogP contribution in [-0.4, -0.2) is 40.5 Å². The first-order valence-electron chi connectivity index (χ1n) is 11.7. The number of benzene rings is 2. The van der Waals surface area contributed by atoms with Crippen molar-refractivity contribution in [2.45, 2.75) is 51.6 Å². The molecule has 0 fully saturated rings. The zero-order chi connectivity index (χ0) is 22.3. The van der Waals surface area contributed by atoms with E-state index in [9.17, 15) is 9.59 Å². The molecule has 1 aromatic heterocycles.